The second-order valence-corrected chi connectivity index (χ2v) is 9.97. The summed E-state index contributed by atoms with van der Waals surface area (Å²) in [6.07, 6.45) is 7.20. The number of hydrogen-bond acceptors (Lipinski definition) is 4. The van der Waals surface area contributed by atoms with E-state index in [9.17, 15) is 9.59 Å². The fourth-order valence-electron chi connectivity index (χ4n) is 3.92. The molecule has 2 amide bonds. The van der Waals surface area contributed by atoms with Gasteiger partial charge in [-0.05, 0) is 43.2 Å². The highest BCUT2D eigenvalue weighted by Gasteiger charge is 2.26. The van der Waals surface area contributed by atoms with E-state index in [1.54, 1.807) is 11.3 Å². The summed E-state index contributed by atoms with van der Waals surface area (Å²) in [5, 5.41) is 5.88. The summed E-state index contributed by atoms with van der Waals surface area (Å²) in [4.78, 5) is 31.7. The van der Waals surface area contributed by atoms with E-state index >= 15 is 0 Å². The van der Waals surface area contributed by atoms with Crippen LogP contribution < -0.4 is 5.32 Å². The van der Waals surface area contributed by atoms with Crippen molar-refractivity contribution in [2.24, 2.45) is 0 Å². The number of amides is 2. The molecule has 6 heteroatoms. The molecule has 0 unspecified atom stereocenters. The highest BCUT2D eigenvalue weighted by molar-refractivity contribution is 7.10. The van der Waals surface area contributed by atoms with Crippen LogP contribution in [0.1, 0.15) is 80.4 Å². The second kappa shape index (κ2) is 10.2. The summed E-state index contributed by atoms with van der Waals surface area (Å²) in [5.41, 5.74) is 2.34. The minimum Gasteiger partial charge on any atom is -0.343 e. The van der Waals surface area contributed by atoms with E-state index < -0.39 is 0 Å². The van der Waals surface area contributed by atoms with Crippen LogP contribution in [0.15, 0.2) is 41.8 Å². The Morgan fingerprint density at radius 2 is 1.94 bits per heavy atom. The van der Waals surface area contributed by atoms with Crippen molar-refractivity contribution < 1.29 is 9.59 Å². The predicted octanol–water partition coefficient (Wildman–Crippen LogP) is 5.76. The molecule has 1 fully saturated rings. The molecule has 1 aliphatic heterocycles. The topological polar surface area (TPSA) is 62.3 Å². The fraction of sp³-hybridized carbons (Fsp3) is 0.480. The average Bonchev–Trinajstić information content (AvgIpc) is 3.24. The molecule has 0 atom stereocenters. The number of likely N-dealkylation sites (tertiary alicyclic amines) is 1. The lowest BCUT2D eigenvalue weighted by molar-refractivity contribution is -0.132. The molecular weight excluding hydrogens is 406 g/mol. The third kappa shape index (κ3) is 6.03. The van der Waals surface area contributed by atoms with Crippen LogP contribution in [0.3, 0.4) is 0 Å². The number of anilines is 1. The van der Waals surface area contributed by atoms with Gasteiger partial charge in [0.25, 0.3) is 5.91 Å². The Morgan fingerprint density at radius 3 is 2.61 bits per heavy atom. The molecule has 1 N–H and O–H groups in total. The Labute approximate surface area is 189 Å². The third-order valence-corrected chi connectivity index (χ3v) is 6.70. The third-order valence-electron chi connectivity index (χ3n) is 5.70. The minimum absolute atomic E-state index is 0.0602. The number of thiazole rings is 1. The standard InChI is InChI=1S/C25H33N3O2S/c1-5-6-7-12-22(29)28-15-13-18(14-16-28)24-27-21(17-31-24)23(30)26-20-11-9-8-10-19(20)25(2,3)4/h5-6,8-11,17-18H,7,12-16H2,1-4H3,(H,26,30). The number of nitrogens with zero attached hydrogens (tertiary/aromatic N) is 2. The van der Waals surface area contributed by atoms with Gasteiger partial charge in [-0.25, -0.2) is 4.98 Å². The Hall–Kier alpha value is -2.47. The van der Waals surface area contributed by atoms with Gasteiger partial charge in [0.2, 0.25) is 5.91 Å². The van der Waals surface area contributed by atoms with Gasteiger partial charge in [0.15, 0.2) is 0 Å². The molecule has 0 bridgehead atoms. The lowest BCUT2D eigenvalue weighted by atomic mass is 9.86. The van der Waals surface area contributed by atoms with Crippen LogP contribution >= 0.6 is 11.3 Å². The van der Waals surface area contributed by atoms with E-state index in [1.165, 1.54) is 0 Å². The first kappa shape index (κ1) is 23.2. The van der Waals surface area contributed by atoms with Crippen molar-refractivity contribution in [2.75, 3.05) is 18.4 Å². The number of para-hydroxylation sites is 1. The molecule has 1 saturated heterocycles. The van der Waals surface area contributed by atoms with E-state index in [0.717, 1.165) is 48.6 Å². The molecule has 0 spiro atoms. The molecule has 0 radical (unpaired) electrons. The summed E-state index contributed by atoms with van der Waals surface area (Å²) >= 11 is 1.55. The summed E-state index contributed by atoms with van der Waals surface area (Å²) in [7, 11) is 0. The number of carbonyl (C=O) groups is 2. The number of carbonyl (C=O) groups excluding carboxylic acids is 2. The van der Waals surface area contributed by atoms with Crippen molar-refractivity contribution in [3.63, 3.8) is 0 Å². The van der Waals surface area contributed by atoms with Gasteiger partial charge >= 0.3 is 0 Å². The monoisotopic (exact) mass is 439 g/mol. The van der Waals surface area contributed by atoms with Crippen molar-refractivity contribution >= 4 is 28.8 Å². The first-order valence-electron chi connectivity index (χ1n) is 11.0. The summed E-state index contributed by atoms with van der Waals surface area (Å²) < 4.78 is 0. The Kier molecular flexibility index (Phi) is 7.65. The smallest absolute Gasteiger partial charge is 0.275 e. The van der Waals surface area contributed by atoms with Crippen LogP contribution in [0.4, 0.5) is 5.69 Å². The van der Waals surface area contributed by atoms with Crippen molar-refractivity contribution in [3.05, 3.63) is 58.1 Å². The van der Waals surface area contributed by atoms with E-state index in [0.29, 0.717) is 18.0 Å². The zero-order valence-electron chi connectivity index (χ0n) is 19.0. The number of rotatable bonds is 6. The molecule has 3 rings (SSSR count). The molecule has 2 aromatic rings. The van der Waals surface area contributed by atoms with E-state index in [4.69, 9.17) is 0 Å². The summed E-state index contributed by atoms with van der Waals surface area (Å²) in [5.74, 6) is 0.372. The maximum absolute atomic E-state index is 12.8. The van der Waals surface area contributed by atoms with Gasteiger partial charge in [-0.2, -0.15) is 0 Å². The lowest BCUT2D eigenvalue weighted by Crippen LogP contribution is -2.37. The number of nitrogens with one attached hydrogen (secondary N) is 1. The molecule has 31 heavy (non-hydrogen) atoms. The molecule has 166 valence electrons. The van der Waals surface area contributed by atoms with Gasteiger partial charge in [0.05, 0.1) is 5.01 Å². The summed E-state index contributed by atoms with van der Waals surface area (Å²) in [6.45, 7) is 9.91. The van der Waals surface area contributed by atoms with Crippen LogP contribution in [0, 0.1) is 0 Å². The zero-order chi connectivity index (χ0) is 22.4. The summed E-state index contributed by atoms with van der Waals surface area (Å²) in [6, 6.07) is 7.92. The van der Waals surface area contributed by atoms with Crippen molar-refractivity contribution in [1.29, 1.82) is 0 Å². The largest absolute Gasteiger partial charge is 0.343 e. The Bertz CT molecular complexity index is 934. The quantitative estimate of drug-likeness (QED) is 0.583. The van der Waals surface area contributed by atoms with E-state index in [2.05, 4.69) is 37.1 Å². The van der Waals surface area contributed by atoms with E-state index in [1.807, 2.05) is 47.6 Å². The number of hydrogen-bond donors (Lipinski definition) is 1. The average molecular weight is 440 g/mol. The number of allylic oxidation sites excluding steroid dienone is 2. The fourth-order valence-corrected chi connectivity index (χ4v) is 4.89. The second-order valence-electron chi connectivity index (χ2n) is 9.08. The van der Waals surface area contributed by atoms with Gasteiger partial charge in [-0.1, -0.05) is 51.1 Å². The lowest BCUT2D eigenvalue weighted by Gasteiger charge is -2.31. The van der Waals surface area contributed by atoms with Gasteiger partial charge in [-0.15, -0.1) is 11.3 Å². The van der Waals surface area contributed by atoms with Gasteiger partial charge in [0.1, 0.15) is 5.69 Å². The van der Waals surface area contributed by atoms with Crippen LogP contribution in [0.25, 0.3) is 0 Å². The number of benzene rings is 1. The van der Waals surface area contributed by atoms with Crippen molar-refractivity contribution in [2.45, 2.75) is 64.7 Å². The normalized spacial score (nSPS) is 15.4. The highest BCUT2D eigenvalue weighted by atomic mass is 32.1. The Balaban J connectivity index is 1.59. The molecule has 5 nitrogen and oxygen atoms in total. The van der Waals surface area contributed by atoms with Crippen LogP contribution in [0.5, 0.6) is 0 Å². The SMILES string of the molecule is CC=CCCC(=O)N1CCC(c2nc(C(=O)Nc3ccccc3C(C)(C)C)cs2)CC1. The van der Waals surface area contributed by atoms with Crippen molar-refractivity contribution in [1.82, 2.24) is 9.88 Å². The molecule has 2 heterocycles. The number of aromatic nitrogens is 1. The van der Waals surface area contributed by atoms with Crippen LogP contribution in [-0.4, -0.2) is 34.8 Å². The maximum atomic E-state index is 12.8. The first-order valence-corrected chi connectivity index (χ1v) is 11.9. The Morgan fingerprint density at radius 1 is 1.23 bits per heavy atom. The zero-order valence-corrected chi connectivity index (χ0v) is 19.8. The molecule has 0 aliphatic carbocycles. The molecule has 1 aromatic carbocycles. The molecule has 1 aromatic heterocycles. The van der Waals surface area contributed by atoms with Gasteiger partial charge < -0.3 is 10.2 Å². The molecule has 1 aliphatic rings. The minimum atomic E-state index is -0.171. The molecule has 0 saturated carbocycles. The highest BCUT2D eigenvalue weighted by Crippen LogP contribution is 2.32. The first-order chi connectivity index (χ1) is 14.8. The molecular formula is C25H33N3O2S. The number of piperidine rings is 1. The van der Waals surface area contributed by atoms with Gasteiger partial charge in [-0.3, -0.25) is 9.59 Å². The van der Waals surface area contributed by atoms with E-state index in [-0.39, 0.29) is 17.2 Å². The van der Waals surface area contributed by atoms with Crippen molar-refractivity contribution in [3.8, 4) is 0 Å². The predicted molar refractivity (Wildman–Crippen MR) is 128 cm³/mol. The van der Waals surface area contributed by atoms with Gasteiger partial charge in [0, 0.05) is 36.5 Å². The van der Waals surface area contributed by atoms with Crippen LogP contribution in [0.2, 0.25) is 0 Å². The van der Waals surface area contributed by atoms with Crippen LogP contribution in [-0.2, 0) is 10.2 Å². The maximum Gasteiger partial charge on any atom is 0.275 e.